The first kappa shape index (κ1) is 15.7. The van der Waals surface area contributed by atoms with Crippen molar-refractivity contribution in [1.82, 2.24) is 15.5 Å². The Labute approximate surface area is 144 Å². The number of ether oxygens (including phenoxy) is 1. The van der Waals surface area contributed by atoms with E-state index < -0.39 is 5.56 Å². The van der Waals surface area contributed by atoms with Crippen LogP contribution in [0.15, 0.2) is 11.0 Å². The van der Waals surface area contributed by atoms with Gasteiger partial charge in [-0.3, -0.25) is 4.79 Å². The molecule has 1 spiro atoms. The first-order chi connectivity index (χ1) is 11.5. The lowest BCUT2D eigenvalue weighted by atomic mass is 9.54. The zero-order valence-electron chi connectivity index (χ0n) is 13.4. The number of hydrogen-bond donors (Lipinski definition) is 2. The Morgan fingerprint density at radius 1 is 1.46 bits per heavy atom. The van der Waals surface area contributed by atoms with E-state index in [2.05, 4.69) is 15.5 Å². The van der Waals surface area contributed by atoms with E-state index in [1.54, 1.807) is 0 Å². The number of nitrogens with one attached hydrogen (secondary N) is 2. The van der Waals surface area contributed by atoms with Crippen LogP contribution < -0.4 is 15.8 Å². The van der Waals surface area contributed by atoms with E-state index in [1.807, 2.05) is 4.90 Å². The van der Waals surface area contributed by atoms with E-state index in [4.69, 9.17) is 16.3 Å². The monoisotopic (exact) mass is 352 g/mol. The van der Waals surface area contributed by atoms with Gasteiger partial charge in [-0.1, -0.05) is 18.0 Å². The molecule has 2 saturated carbocycles. The number of hydrogen-bond acceptors (Lipinski definition) is 5. The average Bonchev–Trinajstić information content (AvgIpc) is 2.91. The molecule has 7 nitrogen and oxygen atoms in total. The third kappa shape index (κ3) is 2.85. The standard InChI is InChI=1S/C16H21ClN4O3/c17-13-12(8-18-20-14(13)22)21-5-2-11(9-21)24-15(23)19-10-6-16(7-10)3-1-4-16/h8,10-11H,1-7,9H2,(H,19,23)(H,20,22)/t11-/m1/s1. The van der Waals surface area contributed by atoms with E-state index in [9.17, 15) is 9.59 Å². The summed E-state index contributed by atoms with van der Waals surface area (Å²) in [5.74, 6) is 0. The van der Waals surface area contributed by atoms with Gasteiger partial charge in [0.2, 0.25) is 0 Å². The summed E-state index contributed by atoms with van der Waals surface area (Å²) in [5, 5.41) is 9.16. The van der Waals surface area contributed by atoms with Crippen molar-refractivity contribution in [3.8, 4) is 0 Å². The number of aromatic amines is 1. The fourth-order valence-electron chi connectivity index (χ4n) is 4.16. The van der Waals surface area contributed by atoms with Gasteiger partial charge in [-0.15, -0.1) is 0 Å². The molecule has 1 amide bonds. The van der Waals surface area contributed by atoms with Gasteiger partial charge in [0.05, 0.1) is 18.4 Å². The lowest BCUT2D eigenvalue weighted by Crippen LogP contribution is -2.54. The molecule has 2 N–H and O–H groups in total. The Morgan fingerprint density at radius 3 is 2.96 bits per heavy atom. The van der Waals surface area contributed by atoms with Crippen molar-refractivity contribution >= 4 is 23.4 Å². The second-order valence-electron chi connectivity index (χ2n) is 7.26. The number of carbonyl (C=O) groups excluding carboxylic acids is 1. The second kappa shape index (κ2) is 5.95. The van der Waals surface area contributed by atoms with Crippen molar-refractivity contribution in [3.63, 3.8) is 0 Å². The molecule has 1 aromatic heterocycles. The summed E-state index contributed by atoms with van der Waals surface area (Å²) in [5.41, 5.74) is 0.704. The lowest BCUT2D eigenvalue weighted by Gasteiger charge is -2.54. The van der Waals surface area contributed by atoms with Crippen molar-refractivity contribution in [1.29, 1.82) is 0 Å². The minimum Gasteiger partial charge on any atom is -0.444 e. The van der Waals surface area contributed by atoms with Crippen LogP contribution in [0.3, 0.4) is 0 Å². The highest BCUT2D eigenvalue weighted by Gasteiger charge is 2.48. The number of amides is 1. The van der Waals surface area contributed by atoms with Crippen LogP contribution in [0.2, 0.25) is 5.02 Å². The number of alkyl carbamates (subject to hydrolysis) is 1. The number of aromatic nitrogens is 2. The van der Waals surface area contributed by atoms with Crippen LogP contribution in [0.25, 0.3) is 0 Å². The molecule has 2 heterocycles. The lowest BCUT2D eigenvalue weighted by molar-refractivity contribution is -0.00427. The van der Waals surface area contributed by atoms with Gasteiger partial charge in [0.15, 0.2) is 0 Å². The van der Waals surface area contributed by atoms with Crippen molar-refractivity contribution < 1.29 is 9.53 Å². The normalized spacial score (nSPS) is 25.2. The van der Waals surface area contributed by atoms with Crippen LogP contribution in [-0.2, 0) is 4.74 Å². The number of anilines is 1. The molecule has 24 heavy (non-hydrogen) atoms. The maximum absolute atomic E-state index is 12.0. The molecule has 3 aliphatic rings. The van der Waals surface area contributed by atoms with E-state index >= 15 is 0 Å². The molecule has 130 valence electrons. The van der Waals surface area contributed by atoms with Crippen molar-refractivity contribution in [3.05, 3.63) is 21.6 Å². The molecule has 3 fully saturated rings. The van der Waals surface area contributed by atoms with Gasteiger partial charge in [-0.25, -0.2) is 9.89 Å². The van der Waals surface area contributed by atoms with Gasteiger partial charge < -0.3 is 15.0 Å². The Kier molecular flexibility index (Phi) is 3.90. The summed E-state index contributed by atoms with van der Waals surface area (Å²) in [6.07, 6.45) is 7.83. The quantitative estimate of drug-likeness (QED) is 0.869. The molecule has 1 saturated heterocycles. The summed E-state index contributed by atoms with van der Waals surface area (Å²) in [6.45, 7) is 1.20. The number of rotatable bonds is 3. The van der Waals surface area contributed by atoms with E-state index in [-0.39, 0.29) is 23.3 Å². The Bertz CT molecular complexity index is 695. The molecule has 2 aliphatic carbocycles. The minimum atomic E-state index is -0.411. The fourth-order valence-corrected chi connectivity index (χ4v) is 4.37. The second-order valence-corrected chi connectivity index (χ2v) is 7.64. The maximum Gasteiger partial charge on any atom is 0.407 e. The topological polar surface area (TPSA) is 87.3 Å². The minimum absolute atomic E-state index is 0.121. The van der Waals surface area contributed by atoms with E-state index in [0.717, 1.165) is 12.8 Å². The van der Waals surface area contributed by atoms with Crippen LogP contribution in [0.5, 0.6) is 0 Å². The number of H-pyrrole nitrogens is 1. The van der Waals surface area contributed by atoms with Gasteiger partial charge in [-0.05, 0) is 31.1 Å². The Morgan fingerprint density at radius 2 is 2.25 bits per heavy atom. The first-order valence-corrected chi connectivity index (χ1v) is 8.88. The summed E-state index contributed by atoms with van der Waals surface area (Å²) in [6, 6.07) is 0.265. The van der Waals surface area contributed by atoms with Crippen molar-refractivity contribution in [2.75, 3.05) is 18.0 Å². The Balaban J connectivity index is 1.27. The summed E-state index contributed by atoms with van der Waals surface area (Å²) in [4.78, 5) is 25.5. The van der Waals surface area contributed by atoms with Gasteiger partial charge in [0.25, 0.3) is 5.56 Å². The smallest absolute Gasteiger partial charge is 0.407 e. The predicted molar refractivity (Wildman–Crippen MR) is 89.4 cm³/mol. The third-order valence-electron chi connectivity index (χ3n) is 5.63. The molecule has 0 radical (unpaired) electrons. The summed E-state index contributed by atoms with van der Waals surface area (Å²) >= 11 is 6.02. The summed E-state index contributed by atoms with van der Waals surface area (Å²) in [7, 11) is 0. The van der Waals surface area contributed by atoms with Crippen LogP contribution in [-0.4, -0.2) is 41.5 Å². The first-order valence-electron chi connectivity index (χ1n) is 8.50. The highest BCUT2D eigenvalue weighted by atomic mass is 35.5. The predicted octanol–water partition coefficient (Wildman–Crippen LogP) is 2.06. The summed E-state index contributed by atoms with van der Waals surface area (Å²) < 4.78 is 5.52. The largest absolute Gasteiger partial charge is 0.444 e. The molecular formula is C16H21ClN4O3. The molecule has 0 bridgehead atoms. The molecule has 1 aliphatic heterocycles. The fraction of sp³-hybridized carbons (Fsp3) is 0.688. The molecular weight excluding hydrogens is 332 g/mol. The van der Waals surface area contributed by atoms with Gasteiger partial charge >= 0.3 is 6.09 Å². The van der Waals surface area contributed by atoms with E-state index in [1.165, 1.54) is 25.5 Å². The molecule has 0 unspecified atom stereocenters. The molecule has 1 aromatic rings. The van der Waals surface area contributed by atoms with Crippen LogP contribution in [0.1, 0.15) is 38.5 Å². The van der Waals surface area contributed by atoms with Gasteiger partial charge in [-0.2, -0.15) is 5.10 Å². The number of halogens is 1. The van der Waals surface area contributed by atoms with Crippen molar-refractivity contribution in [2.24, 2.45) is 5.41 Å². The van der Waals surface area contributed by atoms with E-state index in [0.29, 0.717) is 30.6 Å². The number of nitrogens with zero attached hydrogens (tertiary/aromatic N) is 2. The van der Waals surface area contributed by atoms with Crippen molar-refractivity contribution in [2.45, 2.75) is 50.7 Å². The molecule has 0 aromatic carbocycles. The number of carbonyl (C=O) groups is 1. The van der Waals surface area contributed by atoms with Gasteiger partial charge in [0, 0.05) is 19.0 Å². The van der Waals surface area contributed by atoms with Crippen LogP contribution >= 0.6 is 11.6 Å². The molecule has 4 rings (SSSR count). The SMILES string of the molecule is O=C(NC1CC2(CCC2)C1)O[C@@H]1CCN(c2cn[nH]c(=O)c2Cl)C1. The maximum atomic E-state index is 12.0. The zero-order chi connectivity index (χ0) is 16.7. The zero-order valence-corrected chi connectivity index (χ0v) is 14.1. The third-order valence-corrected chi connectivity index (χ3v) is 6.00. The van der Waals surface area contributed by atoms with Crippen LogP contribution in [0.4, 0.5) is 10.5 Å². The highest BCUT2D eigenvalue weighted by Crippen LogP contribution is 2.55. The molecule has 1 atom stereocenters. The van der Waals surface area contributed by atoms with Crippen LogP contribution in [0, 0.1) is 5.41 Å². The molecule has 8 heteroatoms. The van der Waals surface area contributed by atoms with Gasteiger partial charge in [0.1, 0.15) is 11.1 Å². The Hall–Kier alpha value is -1.76. The average molecular weight is 353 g/mol. The highest BCUT2D eigenvalue weighted by molar-refractivity contribution is 6.33.